The molecule has 1 saturated heterocycles. The van der Waals surface area contributed by atoms with Crippen molar-refractivity contribution in [2.75, 3.05) is 46.1 Å². The summed E-state index contributed by atoms with van der Waals surface area (Å²) in [6, 6.07) is 3.57. The number of morpholine rings is 1. The van der Waals surface area contributed by atoms with E-state index in [2.05, 4.69) is 5.32 Å². The predicted octanol–water partition coefficient (Wildman–Crippen LogP) is 1.06. The van der Waals surface area contributed by atoms with Crippen LogP contribution >= 0.6 is 11.6 Å². The van der Waals surface area contributed by atoms with E-state index in [1.807, 2.05) is 12.1 Å². The number of fused-ring (bicyclic) bond motifs is 1. The standard InChI is InChI=1S/C16H21ClN2O5/c17-13-7-11(8-14-15(13)24-6-5-23-14)1-2-18-16(21)19-3-4-22-12(9-19)10-20/h7-8,12,20H,1-6,9-10H2,(H,18,21). The van der Waals surface area contributed by atoms with Gasteiger partial charge in [-0.1, -0.05) is 11.6 Å². The van der Waals surface area contributed by atoms with Gasteiger partial charge in [-0.25, -0.2) is 4.79 Å². The average molecular weight is 357 g/mol. The van der Waals surface area contributed by atoms with E-state index in [1.165, 1.54) is 0 Å². The molecule has 2 aliphatic rings. The van der Waals surface area contributed by atoms with Gasteiger partial charge in [-0.2, -0.15) is 0 Å². The van der Waals surface area contributed by atoms with E-state index in [-0.39, 0.29) is 18.7 Å². The van der Waals surface area contributed by atoms with Gasteiger partial charge in [0, 0.05) is 13.1 Å². The van der Waals surface area contributed by atoms with Crippen LogP contribution in [0.5, 0.6) is 11.5 Å². The second kappa shape index (κ2) is 7.92. The van der Waals surface area contributed by atoms with Crippen LogP contribution in [-0.2, 0) is 11.2 Å². The Morgan fingerprint density at radius 1 is 1.33 bits per heavy atom. The van der Waals surface area contributed by atoms with Crippen molar-refractivity contribution in [3.05, 3.63) is 22.7 Å². The Morgan fingerprint density at radius 2 is 2.17 bits per heavy atom. The largest absolute Gasteiger partial charge is 0.486 e. The number of hydrogen-bond acceptors (Lipinski definition) is 5. The van der Waals surface area contributed by atoms with Gasteiger partial charge in [0.15, 0.2) is 11.5 Å². The summed E-state index contributed by atoms with van der Waals surface area (Å²) in [5.41, 5.74) is 0.972. The van der Waals surface area contributed by atoms with Crippen molar-refractivity contribution in [3.8, 4) is 11.5 Å². The average Bonchev–Trinajstić information content (AvgIpc) is 2.62. The SMILES string of the molecule is O=C(NCCc1cc(Cl)c2c(c1)OCCO2)N1CCOC(CO)C1. The number of carbonyl (C=O) groups is 1. The number of halogens is 1. The van der Waals surface area contributed by atoms with E-state index in [0.717, 1.165) is 5.56 Å². The monoisotopic (exact) mass is 356 g/mol. The molecule has 1 unspecified atom stereocenters. The Kier molecular flexibility index (Phi) is 5.65. The van der Waals surface area contributed by atoms with Crippen LogP contribution in [0.15, 0.2) is 12.1 Å². The van der Waals surface area contributed by atoms with Gasteiger partial charge in [-0.3, -0.25) is 0 Å². The zero-order chi connectivity index (χ0) is 16.9. The maximum Gasteiger partial charge on any atom is 0.317 e. The third-order valence-corrected chi connectivity index (χ3v) is 4.26. The van der Waals surface area contributed by atoms with Gasteiger partial charge < -0.3 is 29.5 Å². The van der Waals surface area contributed by atoms with E-state index in [4.69, 9.17) is 30.9 Å². The number of hydrogen-bond donors (Lipinski definition) is 2. The normalized spacial score (nSPS) is 19.9. The Hall–Kier alpha value is -1.70. The molecule has 24 heavy (non-hydrogen) atoms. The van der Waals surface area contributed by atoms with Crippen molar-refractivity contribution in [1.29, 1.82) is 0 Å². The van der Waals surface area contributed by atoms with Gasteiger partial charge >= 0.3 is 6.03 Å². The highest BCUT2D eigenvalue weighted by atomic mass is 35.5. The Balaban J connectivity index is 1.51. The van der Waals surface area contributed by atoms with Crippen LogP contribution in [0.2, 0.25) is 5.02 Å². The first-order valence-electron chi connectivity index (χ1n) is 8.00. The molecular formula is C16H21ClN2O5. The summed E-state index contributed by atoms with van der Waals surface area (Å²) in [5, 5.41) is 12.5. The molecule has 0 bridgehead atoms. The van der Waals surface area contributed by atoms with E-state index in [1.54, 1.807) is 4.90 Å². The summed E-state index contributed by atoms with van der Waals surface area (Å²) >= 11 is 6.20. The second-order valence-electron chi connectivity index (χ2n) is 5.71. The summed E-state index contributed by atoms with van der Waals surface area (Å²) in [5.74, 6) is 1.23. The summed E-state index contributed by atoms with van der Waals surface area (Å²) < 4.78 is 16.4. The lowest BCUT2D eigenvalue weighted by atomic mass is 10.1. The van der Waals surface area contributed by atoms with E-state index in [0.29, 0.717) is 62.4 Å². The number of ether oxygens (including phenoxy) is 3. The van der Waals surface area contributed by atoms with E-state index < -0.39 is 0 Å². The summed E-state index contributed by atoms with van der Waals surface area (Å²) in [6.45, 7) is 2.77. The minimum atomic E-state index is -0.305. The molecule has 2 heterocycles. The molecule has 0 aromatic heterocycles. The summed E-state index contributed by atoms with van der Waals surface area (Å²) in [7, 11) is 0. The Morgan fingerprint density at radius 3 is 3.00 bits per heavy atom. The lowest BCUT2D eigenvalue weighted by Crippen LogP contribution is -2.50. The van der Waals surface area contributed by atoms with Gasteiger partial charge in [0.2, 0.25) is 0 Å². The second-order valence-corrected chi connectivity index (χ2v) is 6.11. The first-order chi connectivity index (χ1) is 11.7. The molecule has 1 aromatic carbocycles. The van der Waals surface area contributed by atoms with Gasteiger partial charge in [-0.05, 0) is 24.1 Å². The lowest BCUT2D eigenvalue weighted by molar-refractivity contribution is -0.0402. The number of aliphatic hydroxyl groups is 1. The van der Waals surface area contributed by atoms with Crippen molar-refractivity contribution >= 4 is 17.6 Å². The Labute approximate surface area is 145 Å². The number of amides is 2. The fraction of sp³-hybridized carbons (Fsp3) is 0.562. The van der Waals surface area contributed by atoms with E-state index in [9.17, 15) is 4.79 Å². The molecule has 0 radical (unpaired) electrons. The number of rotatable bonds is 4. The van der Waals surface area contributed by atoms with Crippen molar-refractivity contribution in [3.63, 3.8) is 0 Å². The highest BCUT2D eigenvalue weighted by molar-refractivity contribution is 6.32. The van der Waals surface area contributed by atoms with Crippen LogP contribution in [0.1, 0.15) is 5.56 Å². The van der Waals surface area contributed by atoms with Crippen LogP contribution in [0.4, 0.5) is 4.79 Å². The zero-order valence-electron chi connectivity index (χ0n) is 13.3. The minimum Gasteiger partial charge on any atom is -0.486 e. The molecule has 2 aliphatic heterocycles. The number of benzene rings is 1. The smallest absolute Gasteiger partial charge is 0.317 e. The fourth-order valence-corrected chi connectivity index (χ4v) is 3.04. The zero-order valence-corrected chi connectivity index (χ0v) is 14.1. The predicted molar refractivity (Wildman–Crippen MR) is 87.9 cm³/mol. The third-order valence-electron chi connectivity index (χ3n) is 3.98. The number of urea groups is 1. The summed E-state index contributed by atoms with van der Waals surface area (Å²) in [6.07, 6.45) is 0.330. The minimum absolute atomic E-state index is 0.0839. The van der Waals surface area contributed by atoms with Crippen molar-refractivity contribution in [1.82, 2.24) is 10.2 Å². The highest BCUT2D eigenvalue weighted by Crippen LogP contribution is 2.38. The topological polar surface area (TPSA) is 80.3 Å². The maximum atomic E-state index is 12.2. The van der Waals surface area contributed by atoms with E-state index >= 15 is 0 Å². The summed E-state index contributed by atoms with van der Waals surface area (Å²) in [4.78, 5) is 13.8. The van der Waals surface area contributed by atoms with Crippen LogP contribution < -0.4 is 14.8 Å². The number of carbonyl (C=O) groups excluding carboxylic acids is 1. The molecule has 0 saturated carbocycles. The van der Waals surface area contributed by atoms with Crippen LogP contribution in [0, 0.1) is 0 Å². The first kappa shape index (κ1) is 17.1. The molecule has 7 nitrogen and oxygen atoms in total. The van der Waals surface area contributed by atoms with Gasteiger partial charge in [0.05, 0.1) is 30.9 Å². The highest BCUT2D eigenvalue weighted by Gasteiger charge is 2.23. The molecule has 1 fully saturated rings. The molecule has 0 aliphatic carbocycles. The van der Waals surface area contributed by atoms with Crippen LogP contribution in [0.3, 0.4) is 0 Å². The molecule has 0 spiro atoms. The van der Waals surface area contributed by atoms with Crippen molar-refractivity contribution in [2.24, 2.45) is 0 Å². The lowest BCUT2D eigenvalue weighted by Gasteiger charge is -2.32. The first-order valence-corrected chi connectivity index (χ1v) is 8.38. The van der Waals surface area contributed by atoms with Gasteiger partial charge in [0.25, 0.3) is 0 Å². The third kappa shape index (κ3) is 4.03. The van der Waals surface area contributed by atoms with Crippen molar-refractivity contribution in [2.45, 2.75) is 12.5 Å². The molecule has 132 valence electrons. The van der Waals surface area contributed by atoms with Gasteiger partial charge in [-0.15, -0.1) is 0 Å². The molecular weight excluding hydrogens is 336 g/mol. The molecule has 1 aromatic rings. The Bertz CT molecular complexity index is 598. The van der Waals surface area contributed by atoms with Crippen LogP contribution in [-0.4, -0.2) is 68.2 Å². The maximum absolute atomic E-state index is 12.2. The van der Waals surface area contributed by atoms with Gasteiger partial charge in [0.1, 0.15) is 13.2 Å². The molecule has 2 amide bonds. The van der Waals surface area contributed by atoms with Crippen molar-refractivity contribution < 1.29 is 24.1 Å². The number of aliphatic hydroxyl groups excluding tert-OH is 1. The molecule has 8 heteroatoms. The molecule has 2 N–H and O–H groups in total. The molecule has 3 rings (SSSR count). The quantitative estimate of drug-likeness (QED) is 0.843. The van der Waals surface area contributed by atoms with Crippen LogP contribution in [0.25, 0.3) is 0 Å². The number of nitrogens with zero attached hydrogens (tertiary/aromatic N) is 1. The molecule has 1 atom stereocenters. The number of nitrogens with one attached hydrogen (secondary N) is 1. The fourth-order valence-electron chi connectivity index (χ4n) is 2.75.